The Morgan fingerprint density at radius 2 is 2.00 bits per heavy atom. The number of methoxy groups -OCH3 is 2. The molecule has 9 nitrogen and oxygen atoms in total. The number of imidazole rings is 1. The van der Waals surface area contributed by atoms with Gasteiger partial charge in [-0.3, -0.25) is 14.9 Å². The summed E-state index contributed by atoms with van der Waals surface area (Å²) in [7, 11) is 4.71. The van der Waals surface area contributed by atoms with Crippen LogP contribution in [0.5, 0.6) is 11.5 Å². The predicted octanol–water partition coefficient (Wildman–Crippen LogP) is 2.86. The molecule has 1 amide bonds. The van der Waals surface area contributed by atoms with Crippen molar-refractivity contribution >= 4 is 11.6 Å². The van der Waals surface area contributed by atoms with E-state index in [0.29, 0.717) is 11.6 Å². The van der Waals surface area contributed by atoms with Gasteiger partial charge in [0.1, 0.15) is 17.6 Å². The molecule has 0 aliphatic rings. The Kier molecular flexibility index (Phi) is 5.77. The second-order valence-electron chi connectivity index (χ2n) is 6.22. The molecule has 0 spiro atoms. The average molecular weight is 396 g/mol. The molecule has 0 saturated carbocycles. The monoisotopic (exact) mass is 396 g/mol. The first-order chi connectivity index (χ1) is 13.9. The molecule has 1 aromatic heterocycles. The Hall–Kier alpha value is -3.88. The lowest BCUT2D eigenvalue weighted by Gasteiger charge is -2.20. The van der Waals surface area contributed by atoms with E-state index >= 15 is 0 Å². The van der Waals surface area contributed by atoms with Crippen molar-refractivity contribution in [1.29, 1.82) is 0 Å². The maximum Gasteiger partial charge on any atom is 0.311 e. The van der Waals surface area contributed by atoms with Crippen LogP contribution in [0, 0.1) is 10.1 Å². The lowest BCUT2D eigenvalue weighted by molar-refractivity contribution is -0.385. The third-order valence-electron chi connectivity index (χ3n) is 4.46. The number of nitrogens with zero attached hydrogens (tertiary/aromatic N) is 3. The zero-order chi connectivity index (χ0) is 21.0. The van der Waals surface area contributed by atoms with Crippen molar-refractivity contribution in [1.82, 2.24) is 14.9 Å². The van der Waals surface area contributed by atoms with Gasteiger partial charge in [-0.25, -0.2) is 4.98 Å². The van der Waals surface area contributed by atoms with E-state index < -0.39 is 16.9 Å². The Morgan fingerprint density at radius 1 is 1.21 bits per heavy atom. The Bertz CT molecular complexity index is 1050. The van der Waals surface area contributed by atoms with Crippen LogP contribution in [0.15, 0.2) is 54.9 Å². The van der Waals surface area contributed by atoms with E-state index in [1.807, 2.05) is 19.2 Å². The number of rotatable bonds is 7. The van der Waals surface area contributed by atoms with Crippen LogP contribution in [0.2, 0.25) is 0 Å². The molecule has 0 fully saturated rings. The number of hydrogen-bond acceptors (Lipinski definition) is 6. The van der Waals surface area contributed by atoms with Crippen LogP contribution >= 0.6 is 0 Å². The van der Waals surface area contributed by atoms with Crippen molar-refractivity contribution in [3.63, 3.8) is 0 Å². The van der Waals surface area contributed by atoms with Gasteiger partial charge in [0.25, 0.3) is 5.91 Å². The van der Waals surface area contributed by atoms with E-state index in [1.165, 1.54) is 25.3 Å². The summed E-state index contributed by atoms with van der Waals surface area (Å²) in [5.74, 6) is 0.845. The fraction of sp³-hybridized carbons (Fsp3) is 0.200. The molecule has 1 N–H and O–H groups in total. The van der Waals surface area contributed by atoms with Gasteiger partial charge in [-0.15, -0.1) is 0 Å². The summed E-state index contributed by atoms with van der Waals surface area (Å²) in [6.45, 7) is 0. The standard InChI is InChI=1S/C20H20N4O5/c1-23-10-9-21-19(23)18(13-5-4-6-15(11-13)28-2)22-20(25)14-7-8-17(29-3)16(12-14)24(26)27/h4-12,18H,1-3H3,(H,22,25). The second kappa shape index (κ2) is 8.42. The molecule has 1 heterocycles. The minimum atomic E-state index is -0.589. The molecular weight excluding hydrogens is 376 g/mol. The second-order valence-corrected chi connectivity index (χ2v) is 6.22. The smallest absolute Gasteiger partial charge is 0.311 e. The minimum Gasteiger partial charge on any atom is -0.497 e. The molecule has 0 bridgehead atoms. The van der Waals surface area contributed by atoms with Gasteiger partial charge in [-0.1, -0.05) is 12.1 Å². The number of carbonyl (C=O) groups excluding carboxylic acids is 1. The van der Waals surface area contributed by atoms with Crippen LogP contribution in [0.1, 0.15) is 27.8 Å². The summed E-state index contributed by atoms with van der Waals surface area (Å²) >= 11 is 0. The molecule has 0 aliphatic carbocycles. The number of ether oxygens (including phenoxy) is 2. The van der Waals surface area contributed by atoms with Crippen LogP contribution in [0.25, 0.3) is 0 Å². The van der Waals surface area contributed by atoms with E-state index in [1.54, 1.807) is 36.2 Å². The summed E-state index contributed by atoms with van der Waals surface area (Å²) in [5, 5.41) is 14.2. The van der Waals surface area contributed by atoms with Gasteiger partial charge in [0, 0.05) is 31.1 Å². The van der Waals surface area contributed by atoms with Gasteiger partial charge in [-0.2, -0.15) is 0 Å². The van der Waals surface area contributed by atoms with Gasteiger partial charge in [0.05, 0.1) is 19.1 Å². The first-order valence-electron chi connectivity index (χ1n) is 8.69. The normalized spacial score (nSPS) is 11.6. The summed E-state index contributed by atoms with van der Waals surface area (Å²) in [6.07, 6.45) is 3.40. The minimum absolute atomic E-state index is 0.0833. The third-order valence-corrected chi connectivity index (χ3v) is 4.46. The highest BCUT2D eigenvalue weighted by molar-refractivity contribution is 5.95. The maximum absolute atomic E-state index is 12.9. The van der Waals surface area contributed by atoms with Crippen LogP contribution < -0.4 is 14.8 Å². The SMILES string of the molecule is COc1cccc(C(NC(=O)c2ccc(OC)c([N+](=O)[O-])c2)c2nccn2C)c1. The van der Waals surface area contributed by atoms with E-state index in [2.05, 4.69) is 10.3 Å². The number of benzene rings is 2. The number of aromatic nitrogens is 2. The zero-order valence-corrected chi connectivity index (χ0v) is 16.2. The van der Waals surface area contributed by atoms with Crippen molar-refractivity contribution in [2.75, 3.05) is 14.2 Å². The molecule has 9 heteroatoms. The van der Waals surface area contributed by atoms with Crippen molar-refractivity contribution in [2.24, 2.45) is 7.05 Å². The van der Waals surface area contributed by atoms with Gasteiger partial charge in [-0.05, 0) is 29.8 Å². The fourth-order valence-electron chi connectivity index (χ4n) is 2.96. The fourth-order valence-corrected chi connectivity index (χ4v) is 2.96. The Labute approximate surface area is 167 Å². The average Bonchev–Trinajstić information content (AvgIpc) is 3.16. The van der Waals surface area contributed by atoms with E-state index in [0.717, 1.165) is 5.56 Å². The lowest BCUT2D eigenvalue weighted by atomic mass is 10.0. The van der Waals surface area contributed by atoms with Gasteiger partial charge in [0.15, 0.2) is 5.75 Å². The molecule has 0 saturated heterocycles. The summed E-state index contributed by atoms with van der Waals surface area (Å²) in [5.41, 5.74) is 0.615. The van der Waals surface area contributed by atoms with Gasteiger partial charge >= 0.3 is 5.69 Å². The van der Waals surface area contributed by atoms with Gasteiger partial charge in [0.2, 0.25) is 0 Å². The van der Waals surface area contributed by atoms with Crippen LogP contribution in [-0.4, -0.2) is 34.6 Å². The highest BCUT2D eigenvalue weighted by Gasteiger charge is 2.24. The molecule has 2 aromatic carbocycles. The van der Waals surface area contributed by atoms with Crippen LogP contribution in [0.4, 0.5) is 5.69 Å². The topological polar surface area (TPSA) is 109 Å². The lowest BCUT2D eigenvalue weighted by Crippen LogP contribution is -2.31. The molecule has 0 radical (unpaired) electrons. The predicted molar refractivity (Wildman–Crippen MR) is 105 cm³/mol. The molecular formula is C20H20N4O5. The number of nitrogens with one attached hydrogen (secondary N) is 1. The van der Waals surface area contributed by atoms with Crippen LogP contribution in [0.3, 0.4) is 0 Å². The molecule has 3 rings (SSSR count). The summed E-state index contributed by atoms with van der Waals surface area (Å²) < 4.78 is 12.1. The Morgan fingerprint density at radius 3 is 2.62 bits per heavy atom. The molecule has 0 aliphatic heterocycles. The molecule has 1 unspecified atom stereocenters. The van der Waals surface area contributed by atoms with Crippen molar-refractivity contribution in [3.05, 3.63) is 81.9 Å². The highest BCUT2D eigenvalue weighted by Crippen LogP contribution is 2.29. The number of nitro groups is 1. The zero-order valence-electron chi connectivity index (χ0n) is 16.2. The molecule has 1 atom stereocenters. The first kappa shape index (κ1) is 19.9. The van der Waals surface area contributed by atoms with Crippen LogP contribution in [-0.2, 0) is 7.05 Å². The van der Waals surface area contributed by atoms with E-state index in [-0.39, 0.29) is 17.0 Å². The van der Waals surface area contributed by atoms with Crippen molar-refractivity contribution in [3.8, 4) is 11.5 Å². The largest absolute Gasteiger partial charge is 0.497 e. The number of hydrogen-bond donors (Lipinski definition) is 1. The highest BCUT2D eigenvalue weighted by atomic mass is 16.6. The van der Waals surface area contributed by atoms with E-state index in [9.17, 15) is 14.9 Å². The molecule has 3 aromatic rings. The number of amides is 1. The number of aryl methyl sites for hydroxylation is 1. The quantitative estimate of drug-likeness (QED) is 0.486. The van der Waals surface area contributed by atoms with Gasteiger partial charge < -0.3 is 19.4 Å². The third kappa shape index (κ3) is 4.18. The number of nitro benzene ring substituents is 1. The summed E-state index contributed by atoms with van der Waals surface area (Å²) in [4.78, 5) is 27.9. The van der Waals surface area contributed by atoms with Crippen molar-refractivity contribution < 1.29 is 19.2 Å². The molecule has 150 valence electrons. The van der Waals surface area contributed by atoms with Crippen molar-refractivity contribution in [2.45, 2.75) is 6.04 Å². The first-order valence-corrected chi connectivity index (χ1v) is 8.69. The number of carbonyl (C=O) groups is 1. The molecule has 29 heavy (non-hydrogen) atoms. The maximum atomic E-state index is 12.9. The van der Waals surface area contributed by atoms with E-state index in [4.69, 9.17) is 9.47 Å². The Balaban J connectivity index is 1.98. The summed E-state index contributed by atoms with van der Waals surface area (Å²) in [6, 6.07) is 10.7.